The van der Waals surface area contributed by atoms with E-state index in [4.69, 9.17) is 4.74 Å². The van der Waals surface area contributed by atoms with Crippen LogP contribution in [-0.2, 0) is 9.53 Å². The second-order valence-corrected chi connectivity index (χ2v) is 2.12. The first-order valence-electron chi connectivity index (χ1n) is 2.50. The molecule has 9 heavy (non-hydrogen) atoms. The van der Waals surface area contributed by atoms with Gasteiger partial charge in [0.15, 0.2) is 0 Å². The maximum Gasteiger partial charge on any atom is 1.00 e. The smallest absolute Gasteiger partial charge is 0.547 e. The summed E-state index contributed by atoms with van der Waals surface area (Å²) >= 11 is 0. The zero-order chi connectivity index (χ0) is 6.20. The van der Waals surface area contributed by atoms with Gasteiger partial charge in [-0.05, 0) is 6.92 Å². The molecule has 0 amide bonds. The minimum absolute atomic E-state index is 0. The molecule has 46 valence electrons. The summed E-state index contributed by atoms with van der Waals surface area (Å²) in [5, 5.41) is 10.1. The van der Waals surface area contributed by atoms with Crippen LogP contribution in [0.3, 0.4) is 0 Å². The number of carboxylic acid groups (broad SMARTS) is 1. The van der Waals surface area contributed by atoms with Crippen LogP contribution in [0.1, 0.15) is 13.3 Å². The molecule has 1 aliphatic rings. The summed E-state index contributed by atoms with van der Waals surface area (Å²) in [6.45, 7) is 2.07. The van der Waals surface area contributed by atoms with E-state index < -0.39 is 11.6 Å². The summed E-state index contributed by atoms with van der Waals surface area (Å²) in [5.74, 6) is -1.11. The summed E-state index contributed by atoms with van der Waals surface area (Å²) in [6.07, 6.45) is 0.579. The van der Waals surface area contributed by atoms with Gasteiger partial charge in [-0.1, -0.05) is 0 Å². The minimum Gasteiger partial charge on any atom is -0.547 e. The Labute approximate surface area is 65.6 Å². The van der Waals surface area contributed by atoms with Crippen LogP contribution in [0.2, 0.25) is 0 Å². The van der Waals surface area contributed by atoms with Crippen molar-refractivity contribution in [3.8, 4) is 0 Å². The average molecular weight is 122 g/mol. The SMILES string of the molecule is CC1(C(=O)[O-])CCO1.[Li+]. The molecule has 0 bridgehead atoms. The van der Waals surface area contributed by atoms with Gasteiger partial charge < -0.3 is 14.6 Å². The van der Waals surface area contributed by atoms with E-state index in [9.17, 15) is 9.90 Å². The van der Waals surface area contributed by atoms with Gasteiger partial charge in [0.25, 0.3) is 0 Å². The molecule has 0 saturated carbocycles. The third-order valence-electron chi connectivity index (χ3n) is 1.43. The van der Waals surface area contributed by atoms with E-state index in [0.717, 1.165) is 0 Å². The van der Waals surface area contributed by atoms with Crippen molar-refractivity contribution in [2.24, 2.45) is 0 Å². The molecule has 1 aliphatic heterocycles. The number of carbonyl (C=O) groups excluding carboxylic acids is 1. The predicted octanol–water partition coefficient (Wildman–Crippen LogP) is -4.08. The van der Waals surface area contributed by atoms with E-state index in [1.165, 1.54) is 6.92 Å². The number of carboxylic acids is 1. The maximum absolute atomic E-state index is 10.1. The number of ether oxygens (including phenoxy) is 1. The second kappa shape index (κ2) is 2.74. The van der Waals surface area contributed by atoms with E-state index in [1.54, 1.807) is 0 Å². The topological polar surface area (TPSA) is 49.4 Å². The zero-order valence-corrected chi connectivity index (χ0v) is 5.64. The van der Waals surface area contributed by atoms with E-state index in [1.807, 2.05) is 0 Å². The number of carbonyl (C=O) groups is 1. The number of aliphatic carboxylic acids is 1. The van der Waals surface area contributed by atoms with Crippen LogP contribution in [0, 0.1) is 0 Å². The normalized spacial score (nSPS) is 32.1. The molecule has 1 rings (SSSR count). The van der Waals surface area contributed by atoms with E-state index >= 15 is 0 Å². The molecule has 1 atom stereocenters. The Kier molecular flexibility index (Phi) is 2.75. The Balaban J connectivity index is 0.000000640. The summed E-state index contributed by atoms with van der Waals surface area (Å²) in [4.78, 5) is 10.1. The van der Waals surface area contributed by atoms with Crippen molar-refractivity contribution in [2.45, 2.75) is 18.9 Å². The van der Waals surface area contributed by atoms with Gasteiger partial charge in [0, 0.05) is 6.42 Å². The number of hydrogen-bond donors (Lipinski definition) is 0. The minimum atomic E-state index is -1.11. The van der Waals surface area contributed by atoms with Gasteiger partial charge in [-0.3, -0.25) is 0 Å². The molecule has 1 fully saturated rings. The van der Waals surface area contributed by atoms with Crippen LogP contribution in [-0.4, -0.2) is 18.2 Å². The molecular weight excluding hydrogens is 115 g/mol. The summed E-state index contributed by atoms with van der Waals surface area (Å²) < 4.78 is 4.72. The predicted molar refractivity (Wildman–Crippen MR) is 24.0 cm³/mol. The molecule has 0 radical (unpaired) electrons. The van der Waals surface area contributed by atoms with Gasteiger partial charge in [-0.25, -0.2) is 0 Å². The molecule has 3 nitrogen and oxygen atoms in total. The van der Waals surface area contributed by atoms with E-state index in [2.05, 4.69) is 0 Å². The molecule has 0 aliphatic carbocycles. The van der Waals surface area contributed by atoms with Crippen molar-refractivity contribution in [3.05, 3.63) is 0 Å². The fourth-order valence-corrected chi connectivity index (χ4v) is 0.569. The Morgan fingerprint density at radius 1 is 1.78 bits per heavy atom. The second-order valence-electron chi connectivity index (χ2n) is 2.12. The first-order chi connectivity index (χ1) is 3.65. The monoisotopic (exact) mass is 122 g/mol. The van der Waals surface area contributed by atoms with Gasteiger partial charge in [-0.15, -0.1) is 0 Å². The van der Waals surface area contributed by atoms with Crippen molar-refractivity contribution in [2.75, 3.05) is 6.61 Å². The average Bonchev–Trinajstić information content (AvgIpc) is 1.60. The standard InChI is InChI=1S/C5H8O3.Li/c1-5(4(6)7)2-3-8-5;/h2-3H2,1H3,(H,6,7);/q;+1/p-1. The van der Waals surface area contributed by atoms with Crippen molar-refractivity contribution < 1.29 is 33.5 Å². The van der Waals surface area contributed by atoms with Crippen molar-refractivity contribution in [1.82, 2.24) is 0 Å². The number of hydrogen-bond acceptors (Lipinski definition) is 3. The van der Waals surface area contributed by atoms with Crippen LogP contribution >= 0.6 is 0 Å². The van der Waals surface area contributed by atoms with Crippen molar-refractivity contribution in [3.63, 3.8) is 0 Å². The molecule has 0 N–H and O–H groups in total. The Morgan fingerprint density at radius 3 is 2.22 bits per heavy atom. The first-order valence-corrected chi connectivity index (χ1v) is 2.50. The molecule has 0 aromatic heterocycles. The van der Waals surface area contributed by atoms with Gasteiger partial charge in [0.05, 0.1) is 12.6 Å². The van der Waals surface area contributed by atoms with Crippen LogP contribution in [0.25, 0.3) is 0 Å². The molecule has 1 heterocycles. The van der Waals surface area contributed by atoms with E-state index in [0.29, 0.717) is 13.0 Å². The number of rotatable bonds is 1. The fraction of sp³-hybridized carbons (Fsp3) is 0.800. The van der Waals surface area contributed by atoms with Crippen LogP contribution in [0.15, 0.2) is 0 Å². The third kappa shape index (κ3) is 1.48. The molecular formula is C5H7LiO3. The van der Waals surface area contributed by atoms with Crippen LogP contribution < -0.4 is 24.0 Å². The van der Waals surface area contributed by atoms with Crippen LogP contribution in [0.5, 0.6) is 0 Å². The quantitative estimate of drug-likeness (QED) is 0.332. The maximum atomic E-state index is 10.1. The Bertz CT molecular complexity index is 119. The molecule has 4 heteroatoms. The van der Waals surface area contributed by atoms with Crippen molar-refractivity contribution in [1.29, 1.82) is 0 Å². The summed E-state index contributed by atoms with van der Waals surface area (Å²) in [7, 11) is 0. The molecule has 1 unspecified atom stereocenters. The van der Waals surface area contributed by atoms with Crippen LogP contribution in [0.4, 0.5) is 0 Å². The van der Waals surface area contributed by atoms with Gasteiger partial charge in [0.2, 0.25) is 0 Å². The Hall–Kier alpha value is 0.0274. The fourth-order valence-electron chi connectivity index (χ4n) is 0.569. The van der Waals surface area contributed by atoms with E-state index in [-0.39, 0.29) is 18.9 Å². The van der Waals surface area contributed by atoms with Gasteiger partial charge in [-0.2, -0.15) is 0 Å². The summed E-state index contributed by atoms with van der Waals surface area (Å²) in [6, 6.07) is 0. The summed E-state index contributed by atoms with van der Waals surface area (Å²) in [5.41, 5.74) is -0.972. The molecule has 0 aromatic rings. The third-order valence-corrected chi connectivity index (χ3v) is 1.43. The Morgan fingerprint density at radius 2 is 2.22 bits per heavy atom. The first kappa shape index (κ1) is 9.03. The molecule has 0 spiro atoms. The molecule has 0 aromatic carbocycles. The van der Waals surface area contributed by atoms with Gasteiger partial charge in [0.1, 0.15) is 5.60 Å². The molecule has 1 saturated heterocycles. The largest absolute Gasteiger partial charge is 1.00 e. The van der Waals surface area contributed by atoms with Gasteiger partial charge >= 0.3 is 18.9 Å². The zero-order valence-electron chi connectivity index (χ0n) is 5.64. The van der Waals surface area contributed by atoms with Crippen molar-refractivity contribution >= 4 is 5.97 Å².